The fourth-order valence-electron chi connectivity index (χ4n) is 1.49. The molecule has 95 valence electrons. The molecule has 0 aliphatic carbocycles. The van der Waals surface area contributed by atoms with Crippen LogP contribution in [-0.2, 0) is 4.74 Å². The van der Waals surface area contributed by atoms with Gasteiger partial charge in [-0.1, -0.05) is 25.5 Å². The van der Waals surface area contributed by atoms with Crippen LogP contribution >= 0.6 is 0 Å². The van der Waals surface area contributed by atoms with Crippen molar-refractivity contribution in [2.75, 3.05) is 19.8 Å². The van der Waals surface area contributed by atoms with E-state index in [4.69, 9.17) is 9.47 Å². The van der Waals surface area contributed by atoms with E-state index in [0.717, 1.165) is 38.4 Å². The lowest BCUT2D eigenvalue weighted by molar-refractivity contribution is 0.126. The van der Waals surface area contributed by atoms with Gasteiger partial charge in [0, 0.05) is 13.2 Å². The molecule has 0 aliphatic rings. The molecule has 1 rings (SSSR count). The van der Waals surface area contributed by atoms with Gasteiger partial charge in [0.1, 0.15) is 5.75 Å². The third kappa shape index (κ3) is 7.81. The summed E-state index contributed by atoms with van der Waals surface area (Å²) in [5, 5.41) is 0. The zero-order chi connectivity index (χ0) is 12.2. The Balaban J connectivity index is 1.85. The number of hydrogen-bond donors (Lipinski definition) is 0. The molecule has 0 spiro atoms. The molecule has 0 unspecified atom stereocenters. The number of hydrogen-bond acceptors (Lipinski definition) is 2. The van der Waals surface area contributed by atoms with Crippen LogP contribution in [0.1, 0.15) is 39.0 Å². The first kappa shape index (κ1) is 14.0. The van der Waals surface area contributed by atoms with E-state index < -0.39 is 0 Å². The molecule has 0 aliphatic heterocycles. The fourth-order valence-corrected chi connectivity index (χ4v) is 1.49. The van der Waals surface area contributed by atoms with Crippen molar-refractivity contribution in [3.63, 3.8) is 0 Å². The number of benzene rings is 1. The first-order chi connectivity index (χ1) is 8.43. The van der Waals surface area contributed by atoms with Crippen molar-refractivity contribution < 1.29 is 9.47 Å². The summed E-state index contributed by atoms with van der Waals surface area (Å²) >= 11 is 0. The zero-order valence-electron chi connectivity index (χ0n) is 10.8. The second-order valence-electron chi connectivity index (χ2n) is 4.11. The van der Waals surface area contributed by atoms with E-state index in [0.29, 0.717) is 0 Å². The van der Waals surface area contributed by atoms with Crippen molar-refractivity contribution in [3.05, 3.63) is 30.3 Å². The molecule has 0 N–H and O–H groups in total. The summed E-state index contributed by atoms with van der Waals surface area (Å²) in [6, 6.07) is 10.6. The van der Waals surface area contributed by atoms with E-state index in [1.165, 1.54) is 19.3 Å². The Hall–Kier alpha value is -1.02. The number of ether oxygens (including phenoxy) is 2. The van der Waals surface area contributed by atoms with Crippen molar-refractivity contribution in [2.45, 2.75) is 39.0 Å². The van der Waals surface area contributed by atoms with Gasteiger partial charge in [0.25, 0.3) is 0 Å². The van der Waals surface area contributed by atoms with Gasteiger partial charge in [-0.25, -0.2) is 0 Å². The van der Waals surface area contributed by atoms with Gasteiger partial charge in [0.05, 0.1) is 6.61 Å². The molecule has 1 aromatic rings. The maximum atomic E-state index is 5.59. The van der Waals surface area contributed by atoms with E-state index >= 15 is 0 Å². The lowest BCUT2D eigenvalue weighted by Crippen LogP contribution is -2.00. The monoisotopic (exact) mass is 235 g/mol. The minimum Gasteiger partial charge on any atom is -0.494 e. The van der Waals surface area contributed by atoms with Crippen LogP contribution in [0.4, 0.5) is 0 Å². The van der Waals surface area contributed by atoms with Gasteiger partial charge < -0.3 is 9.47 Å². The zero-order valence-corrected chi connectivity index (χ0v) is 10.8. The van der Waals surface area contributed by atoms with E-state index in [9.17, 15) is 0 Å². The maximum absolute atomic E-state index is 5.59. The summed E-state index contributed by atoms with van der Waals surface area (Å²) in [7, 11) is 0. The van der Waals surface area contributed by atoms with Crippen molar-refractivity contribution in [2.24, 2.45) is 0 Å². The molecule has 2 heteroatoms. The highest BCUT2D eigenvalue weighted by molar-refractivity contribution is 5.20. The maximum Gasteiger partial charge on any atom is 0.119 e. The molecule has 17 heavy (non-hydrogen) atoms. The van der Waals surface area contributed by atoms with E-state index in [2.05, 4.69) is 13.0 Å². The molecule has 0 fully saturated rings. The summed E-state index contributed by atoms with van der Waals surface area (Å²) in [5.74, 6) is 0.933. The summed E-state index contributed by atoms with van der Waals surface area (Å²) in [6.07, 6.45) is 5.78. The molecule has 1 aromatic carbocycles. The largest absolute Gasteiger partial charge is 0.494 e. The van der Waals surface area contributed by atoms with Gasteiger partial charge in [0.15, 0.2) is 0 Å². The average molecular weight is 235 g/mol. The minimum atomic E-state index is 0.791. The standard InChI is InChI=1S/C15H23O2/c1-2-3-12-16-13-8-5-9-14-17-15-10-6-4-7-11-15/h6-7,10-11H,2-3,5,8-9,12-14H2,1H3. The highest BCUT2D eigenvalue weighted by Crippen LogP contribution is 2.08. The molecule has 0 bridgehead atoms. The van der Waals surface area contributed by atoms with Crippen LogP contribution in [-0.4, -0.2) is 19.8 Å². The SMILES string of the molecule is CCCCOCCCCCOc1cc[c]cc1. The molecule has 2 nitrogen and oxygen atoms in total. The Morgan fingerprint density at radius 2 is 1.65 bits per heavy atom. The second kappa shape index (κ2) is 10.2. The van der Waals surface area contributed by atoms with Crippen LogP contribution in [0.3, 0.4) is 0 Å². The highest BCUT2D eigenvalue weighted by atomic mass is 16.5. The quantitative estimate of drug-likeness (QED) is 0.573. The van der Waals surface area contributed by atoms with Gasteiger partial charge in [-0.3, -0.25) is 0 Å². The summed E-state index contributed by atoms with van der Waals surface area (Å²) in [6.45, 7) is 4.77. The predicted octanol–water partition coefficient (Wildman–Crippen LogP) is 3.85. The van der Waals surface area contributed by atoms with Gasteiger partial charge in [-0.2, -0.15) is 0 Å². The average Bonchev–Trinajstić information content (AvgIpc) is 2.38. The smallest absolute Gasteiger partial charge is 0.119 e. The summed E-state index contributed by atoms with van der Waals surface area (Å²) in [4.78, 5) is 0. The molecular formula is C15H23O2. The van der Waals surface area contributed by atoms with Crippen molar-refractivity contribution >= 4 is 0 Å². The Kier molecular flexibility index (Phi) is 8.39. The normalized spacial score (nSPS) is 10.4. The molecule has 0 amide bonds. The van der Waals surface area contributed by atoms with Gasteiger partial charge in [-0.05, 0) is 43.9 Å². The molecule has 0 saturated heterocycles. The summed E-state index contributed by atoms with van der Waals surface area (Å²) < 4.78 is 11.1. The van der Waals surface area contributed by atoms with Crippen molar-refractivity contribution in [1.29, 1.82) is 0 Å². The second-order valence-corrected chi connectivity index (χ2v) is 4.11. The van der Waals surface area contributed by atoms with Gasteiger partial charge in [0.2, 0.25) is 0 Å². The molecule has 0 saturated carbocycles. The van der Waals surface area contributed by atoms with Gasteiger partial charge in [-0.15, -0.1) is 0 Å². The van der Waals surface area contributed by atoms with Crippen LogP contribution in [0.2, 0.25) is 0 Å². The lowest BCUT2D eigenvalue weighted by atomic mass is 10.2. The van der Waals surface area contributed by atoms with Crippen LogP contribution < -0.4 is 4.74 Å². The first-order valence-corrected chi connectivity index (χ1v) is 6.60. The van der Waals surface area contributed by atoms with Crippen molar-refractivity contribution in [3.8, 4) is 5.75 Å². The Bertz CT molecular complexity index is 259. The van der Waals surface area contributed by atoms with Crippen LogP contribution in [0.25, 0.3) is 0 Å². The molecule has 0 aromatic heterocycles. The molecule has 0 atom stereocenters. The molecular weight excluding hydrogens is 212 g/mol. The summed E-state index contributed by atoms with van der Waals surface area (Å²) in [5.41, 5.74) is 0. The van der Waals surface area contributed by atoms with E-state index in [1.807, 2.05) is 24.3 Å². The first-order valence-electron chi connectivity index (χ1n) is 6.60. The minimum absolute atomic E-state index is 0.791. The third-order valence-corrected chi connectivity index (χ3v) is 2.53. The van der Waals surface area contributed by atoms with Crippen molar-refractivity contribution in [1.82, 2.24) is 0 Å². The molecule has 1 radical (unpaired) electrons. The highest BCUT2D eigenvalue weighted by Gasteiger charge is 1.93. The van der Waals surface area contributed by atoms with Crippen LogP contribution in [0, 0.1) is 6.07 Å². The van der Waals surface area contributed by atoms with Crippen LogP contribution in [0.15, 0.2) is 24.3 Å². The number of rotatable bonds is 10. The fraction of sp³-hybridized carbons (Fsp3) is 0.600. The third-order valence-electron chi connectivity index (χ3n) is 2.53. The van der Waals surface area contributed by atoms with Crippen LogP contribution in [0.5, 0.6) is 5.75 Å². The Morgan fingerprint density at radius 3 is 2.41 bits per heavy atom. The molecule has 0 heterocycles. The predicted molar refractivity (Wildman–Crippen MR) is 70.4 cm³/mol. The van der Waals surface area contributed by atoms with E-state index in [1.54, 1.807) is 0 Å². The Labute approximate surface area is 105 Å². The topological polar surface area (TPSA) is 18.5 Å². The van der Waals surface area contributed by atoms with E-state index in [-0.39, 0.29) is 0 Å². The van der Waals surface area contributed by atoms with Gasteiger partial charge >= 0.3 is 0 Å². The lowest BCUT2D eigenvalue weighted by Gasteiger charge is -2.06. The Morgan fingerprint density at radius 1 is 0.941 bits per heavy atom. The number of unbranched alkanes of at least 4 members (excludes halogenated alkanes) is 3.